The molecule has 0 radical (unpaired) electrons. The Bertz CT molecular complexity index is 3290. The number of aromatic nitrogens is 8. The topological polar surface area (TPSA) is 140 Å². The fraction of sp³-hybridized carbons (Fsp3) is 0.193. The number of rotatable bonds is 10. The van der Waals surface area contributed by atoms with Gasteiger partial charge in [-0.1, -0.05) is 141 Å². The average molecular weight is 949 g/mol. The van der Waals surface area contributed by atoms with E-state index in [1.54, 1.807) is 27.4 Å². The van der Waals surface area contributed by atoms with Gasteiger partial charge < -0.3 is 15.3 Å². The summed E-state index contributed by atoms with van der Waals surface area (Å²) in [7, 11) is 0. The summed E-state index contributed by atoms with van der Waals surface area (Å²) in [6, 6.07) is 55.8. The van der Waals surface area contributed by atoms with Gasteiger partial charge in [-0.15, -0.1) is 0 Å². The van der Waals surface area contributed by atoms with Gasteiger partial charge in [0.15, 0.2) is 0 Å². The molecule has 71 heavy (non-hydrogen) atoms. The van der Waals surface area contributed by atoms with Crippen molar-refractivity contribution in [3.05, 3.63) is 206 Å². The van der Waals surface area contributed by atoms with Gasteiger partial charge in [-0.25, -0.2) is 13.8 Å². The molecule has 0 bridgehead atoms. The van der Waals surface area contributed by atoms with Crippen molar-refractivity contribution in [3.63, 3.8) is 0 Å². The number of halogens is 1. The highest BCUT2D eigenvalue weighted by Crippen LogP contribution is 2.31. The van der Waals surface area contributed by atoms with E-state index in [4.69, 9.17) is 10.2 Å². The lowest BCUT2D eigenvalue weighted by molar-refractivity contribution is 0.0696. The molecule has 4 aromatic carbocycles. The molecule has 0 saturated carbocycles. The zero-order chi connectivity index (χ0) is 46.9. The summed E-state index contributed by atoms with van der Waals surface area (Å²) >= 11 is 0. The van der Waals surface area contributed by atoms with E-state index in [1.165, 1.54) is 18.4 Å². The monoisotopic (exact) mass is 948 g/mol. The molecule has 2 aliphatic heterocycles. The molecule has 12 rings (SSSR count). The molecule has 2 atom stereocenters. The van der Waals surface area contributed by atoms with Crippen LogP contribution in [0.2, 0.25) is 0 Å². The summed E-state index contributed by atoms with van der Waals surface area (Å²) in [4.78, 5) is 27.4. The Morgan fingerprint density at radius 2 is 0.986 bits per heavy atom. The molecule has 360 valence electrons. The molecule has 13 nitrogen and oxygen atoms in total. The van der Waals surface area contributed by atoms with Gasteiger partial charge >= 0.3 is 5.97 Å². The molecular weight excluding hydrogens is 892 g/mol. The summed E-state index contributed by atoms with van der Waals surface area (Å²) in [6.45, 7) is 3.55. The molecule has 10 aromatic rings. The molecule has 2 fully saturated rings. The summed E-state index contributed by atoms with van der Waals surface area (Å²) < 4.78 is 7.41. The van der Waals surface area contributed by atoms with Crippen molar-refractivity contribution in [3.8, 4) is 45.0 Å². The molecular formula is C57H57FN10O3. The van der Waals surface area contributed by atoms with Crippen LogP contribution in [-0.2, 0) is 13.1 Å². The minimum absolute atomic E-state index is 0. The van der Waals surface area contributed by atoms with E-state index >= 15 is 0 Å². The summed E-state index contributed by atoms with van der Waals surface area (Å²) in [5.41, 5.74) is 9.61. The second-order valence-corrected chi connectivity index (χ2v) is 17.2. The lowest BCUT2D eigenvalue weighted by Gasteiger charge is -2.25. The second-order valence-electron chi connectivity index (χ2n) is 17.2. The summed E-state index contributed by atoms with van der Waals surface area (Å²) in [6.07, 6.45) is 12.2. The van der Waals surface area contributed by atoms with Crippen molar-refractivity contribution in [2.75, 3.05) is 13.1 Å². The van der Waals surface area contributed by atoms with Crippen LogP contribution in [-0.4, -0.2) is 85.8 Å². The maximum absolute atomic E-state index is 14.0. The van der Waals surface area contributed by atoms with Crippen LogP contribution >= 0.6 is 0 Å². The average Bonchev–Trinajstić information content (AvgIpc) is 4.28. The highest BCUT2D eigenvalue weighted by molar-refractivity contribution is 6.06. The fourth-order valence-electron chi connectivity index (χ4n) is 9.26. The predicted molar refractivity (Wildman–Crippen MR) is 278 cm³/mol. The summed E-state index contributed by atoms with van der Waals surface area (Å²) in [5.74, 6) is -0.923. The number of likely N-dealkylation sites (tertiary alicyclic amines) is 1. The van der Waals surface area contributed by atoms with Crippen LogP contribution in [0.3, 0.4) is 0 Å². The Morgan fingerprint density at radius 3 is 1.48 bits per heavy atom. The van der Waals surface area contributed by atoms with Crippen LogP contribution in [0.5, 0.6) is 0 Å². The maximum atomic E-state index is 14.0. The van der Waals surface area contributed by atoms with Gasteiger partial charge in [0, 0.05) is 59.6 Å². The Morgan fingerprint density at radius 1 is 0.521 bits per heavy atom. The maximum Gasteiger partial charge on any atom is 0.340 e. The summed E-state index contributed by atoms with van der Waals surface area (Å²) in [5, 5.41) is 31.4. The van der Waals surface area contributed by atoms with Crippen LogP contribution in [0.15, 0.2) is 195 Å². The number of carbonyl (C=O) groups is 2. The van der Waals surface area contributed by atoms with E-state index < -0.39 is 5.97 Å². The van der Waals surface area contributed by atoms with E-state index in [-0.39, 0.29) is 29.6 Å². The molecule has 14 heteroatoms. The molecule has 2 aliphatic rings. The van der Waals surface area contributed by atoms with Crippen molar-refractivity contribution in [1.29, 1.82) is 0 Å². The van der Waals surface area contributed by atoms with Crippen LogP contribution in [0.1, 0.15) is 53.8 Å². The number of fused-ring (bicyclic) bond motifs is 2. The Kier molecular flexibility index (Phi) is 15.7. The Labute approximate surface area is 412 Å². The Hall–Kier alpha value is -8.49. The first-order valence-corrected chi connectivity index (χ1v) is 23.5. The minimum Gasteiger partial charge on any atom is -0.478 e. The zero-order valence-corrected chi connectivity index (χ0v) is 38.5. The van der Waals surface area contributed by atoms with E-state index in [0.29, 0.717) is 29.4 Å². The molecule has 2 saturated heterocycles. The van der Waals surface area contributed by atoms with Crippen molar-refractivity contribution in [2.45, 2.75) is 58.3 Å². The van der Waals surface area contributed by atoms with Crippen LogP contribution in [0.4, 0.5) is 4.70 Å². The molecule has 0 aliphatic carbocycles. The SMILES string of the molecule is C.F.O=C(O)c1c(-c2ccccc2)nn2ccccc12.O=C(c1c(-c2ccccc2)nn2ccccc12)N1CCC[C@H]1Cn1ccc(-c2ccccc2)n1.c1ccc(-c2ccn(C[C@@H]3CCCN3)n2)cc1. The first-order valence-electron chi connectivity index (χ1n) is 23.5. The van der Waals surface area contributed by atoms with Crippen molar-refractivity contribution < 1.29 is 19.4 Å². The molecule has 6 aromatic heterocycles. The third kappa shape index (κ3) is 11.0. The van der Waals surface area contributed by atoms with E-state index in [2.05, 4.69) is 52.0 Å². The smallest absolute Gasteiger partial charge is 0.340 e. The van der Waals surface area contributed by atoms with Gasteiger partial charge in [-0.2, -0.15) is 20.4 Å². The number of carbonyl (C=O) groups excluding carboxylic acids is 1. The van der Waals surface area contributed by atoms with E-state index in [9.17, 15) is 14.7 Å². The molecule has 1 amide bonds. The lowest BCUT2D eigenvalue weighted by Crippen LogP contribution is -2.38. The van der Waals surface area contributed by atoms with Crippen molar-refractivity contribution >= 4 is 22.9 Å². The Balaban J connectivity index is 0.000000155. The molecule has 8 heterocycles. The molecule has 2 N–H and O–H groups in total. The van der Waals surface area contributed by atoms with E-state index in [1.807, 2.05) is 154 Å². The van der Waals surface area contributed by atoms with Gasteiger partial charge in [-0.3, -0.25) is 18.9 Å². The number of nitrogens with one attached hydrogen (secondary N) is 1. The van der Waals surface area contributed by atoms with Crippen molar-refractivity contribution in [2.24, 2.45) is 0 Å². The number of amides is 1. The van der Waals surface area contributed by atoms with Gasteiger partial charge in [0.1, 0.15) is 17.0 Å². The third-order valence-corrected chi connectivity index (χ3v) is 12.6. The van der Waals surface area contributed by atoms with Gasteiger partial charge in [0.05, 0.1) is 47.1 Å². The number of pyridine rings is 2. The van der Waals surface area contributed by atoms with Gasteiger partial charge in [-0.05, 0) is 68.6 Å². The molecule has 0 spiro atoms. The lowest BCUT2D eigenvalue weighted by atomic mass is 10.0. The number of carboxylic acids is 1. The van der Waals surface area contributed by atoms with Crippen LogP contribution < -0.4 is 5.32 Å². The minimum atomic E-state index is -0.963. The first kappa shape index (κ1) is 48.9. The number of hydrogen-bond donors (Lipinski definition) is 2. The normalized spacial score (nSPS) is 15.0. The number of nitrogens with zero attached hydrogens (tertiary/aromatic N) is 9. The quantitative estimate of drug-likeness (QED) is 0.138. The van der Waals surface area contributed by atoms with Gasteiger partial charge in [0.2, 0.25) is 0 Å². The molecule has 0 unspecified atom stereocenters. The largest absolute Gasteiger partial charge is 0.478 e. The second kappa shape index (κ2) is 22.7. The van der Waals surface area contributed by atoms with Gasteiger partial charge in [0.25, 0.3) is 5.91 Å². The number of benzene rings is 4. The fourth-order valence-corrected chi connectivity index (χ4v) is 9.26. The number of carboxylic acid groups (broad SMARTS) is 1. The highest BCUT2D eigenvalue weighted by Gasteiger charge is 2.33. The predicted octanol–water partition coefficient (Wildman–Crippen LogP) is 11.0. The number of hydrogen-bond acceptors (Lipinski definition) is 7. The van der Waals surface area contributed by atoms with Crippen LogP contribution in [0, 0.1) is 0 Å². The van der Waals surface area contributed by atoms with Crippen LogP contribution in [0.25, 0.3) is 56.1 Å². The van der Waals surface area contributed by atoms with E-state index in [0.717, 1.165) is 71.8 Å². The highest BCUT2D eigenvalue weighted by atomic mass is 19.0. The third-order valence-electron chi connectivity index (χ3n) is 12.6. The zero-order valence-electron chi connectivity index (χ0n) is 38.5. The first-order chi connectivity index (χ1) is 34.0. The standard InChI is InChI=1S/C28H25N5O.C14H17N3.C14H10N2O2.CH4.FH/c34-28(26-25-15-7-8-18-33(25)30-27(26)22-12-5-2-6-13-22)32-17-9-14-23(32)20-31-19-16-24(29-31)21-10-3-1-4-11-21;1-2-5-12(6-3-1)14-8-10-17(16-14)11-13-7-4-9-15-13;17-14(18)12-11-8-4-5-9-16(11)15-13(12)10-6-2-1-3-7-10;;/h1-8,10-13,15-16,18-19,23H,9,14,17,20H2;1-3,5-6,8,10,13,15H,4,7,9,11H2;1-9H,(H,17,18);1H4;1H/t23-;13-;;;/m00.../s1. The number of aromatic carboxylic acids is 1. The van der Waals surface area contributed by atoms with Crippen molar-refractivity contribution in [1.82, 2.24) is 49.0 Å².